The Kier molecular flexibility index (Phi) is 4.65. The van der Waals surface area contributed by atoms with Gasteiger partial charge in [0.1, 0.15) is 0 Å². The van der Waals surface area contributed by atoms with E-state index < -0.39 is 0 Å². The zero-order chi connectivity index (χ0) is 16.2. The molecule has 2 saturated heterocycles. The molecule has 0 aliphatic carbocycles. The Bertz CT molecular complexity index is 591. The first-order valence-electron chi connectivity index (χ1n) is 8.24. The van der Waals surface area contributed by atoms with Crippen molar-refractivity contribution in [3.8, 4) is 0 Å². The molecule has 1 aromatic carbocycles. The maximum Gasteiger partial charge on any atom is 0.251 e. The van der Waals surface area contributed by atoms with Gasteiger partial charge in [-0.15, -0.1) is 0 Å². The molecule has 5 heteroatoms. The Hall–Kier alpha value is -2.30. The topological polar surface area (TPSA) is 52.7 Å². The molecule has 2 fully saturated rings. The van der Waals surface area contributed by atoms with Gasteiger partial charge in [-0.05, 0) is 49.6 Å². The van der Waals surface area contributed by atoms with E-state index in [1.165, 1.54) is 24.6 Å². The van der Waals surface area contributed by atoms with Crippen molar-refractivity contribution < 1.29 is 9.59 Å². The molecule has 23 heavy (non-hydrogen) atoms. The van der Waals surface area contributed by atoms with Crippen molar-refractivity contribution in [2.45, 2.75) is 25.3 Å². The fourth-order valence-electron chi connectivity index (χ4n) is 3.28. The second-order valence-electron chi connectivity index (χ2n) is 6.19. The van der Waals surface area contributed by atoms with Crippen molar-refractivity contribution in [2.75, 3.05) is 31.1 Å². The number of hydrogen-bond acceptors (Lipinski definition) is 3. The van der Waals surface area contributed by atoms with Crippen LogP contribution in [0.1, 0.15) is 29.6 Å². The van der Waals surface area contributed by atoms with Gasteiger partial charge in [-0.1, -0.05) is 6.58 Å². The highest BCUT2D eigenvalue weighted by atomic mass is 16.2. The lowest BCUT2D eigenvalue weighted by molar-refractivity contribution is -0.125. The van der Waals surface area contributed by atoms with E-state index in [1.807, 2.05) is 24.3 Å². The second kappa shape index (κ2) is 6.86. The van der Waals surface area contributed by atoms with Gasteiger partial charge in [0, 0.05) is 43.5 Å². The Morgan fingerprint density at radius 3 is 2.48 bits per heavy atom. The number of carbonyl (C=O) groups is 2. The van der Waals surface area contributed by atoms with E-state index in [1.54, 1.807) is 4.90 Å². The second-order valence-corrected chi connectivity index (χ2v) is 6.19. The quantitative estimate of drug-likeness (QED) is 0.863. The van der Waals surface area contributed by atoms with Gasteiger partial charge < -0.3 is 15.1 Å². The highest BCUT2D eigenvalue weighted by molar-refractivity contribution is 5.95. The molecular weight excluding hydrogens is 290 g/mol. The van der Waals surface area contributed by atoms with Gasteiger partial charge in [0.15, 0.2) is 0 Å². The van der Waals surface area contributed by atoms with Gasteiger partial charge in [-0.3, -0.25) is 9.59 Å². The van der Waals surface area contributed by atoms with Crippen LogP contribution in [0.5, 0.6) is 0 Å². The number of hydrogen-bond donors (Lipinski definition) is 1. The monoisotopic (exact) mass is 313 g/mol. The van der Waals surface area contributed by atoms with Crippen molar-refractivity contribution in [1.82, 2.24) is 10.2 Å². The van der Waals surface area contributed by atoms with Crippen LogP contribution in [0.2, 0.25) is 0 Å². The normalized spacial score (nSPS) is 20.6. The molecule has 0 saturated carbocycles. The smallest absolute Gasteiger partial charge is 0.251 e. The fourth-order valence-corrected chi connectivity index (χ4v) is 3.28. The number of anilines is 1. The summed E-state index contributed by atoms with van der Waals surface area (Å²) < 4.78 is 0. The standard InChI is InChI=1S/C18H23N3O2/c1-2-17(22)21-12-9-15(13-21)19-18(23)14-5-7-16(8-6-14)20-10-3-4-11-20/h2,5-8,15H,1,3-4,9-13H2,(H,19,23). The fraction of sp³-hybridized carbons (Fsp3) is 0.444. The molecule has 5 nitrogen and oxygen atoms in total. The van der Waals surface area contributed by atoms with Crippen LogP contribution in [-0.4, -0.2) is 48.9 Å². The molecule has 2 heterocycles. The number of carbonyl (C=O) groups excluding carboxylic acids is 2. The number of nitrogens with zero attached hydrogens (tertiary/aromatic N) is 2. The maximum atomic E-state index is 12.3. The minimum atomic E-state index is -0.0733. The molecule has 0 aromatic heterocycles. The molecule has 0 spiro atoms. The van der Waals surface area contributed by atoms with Crippen LogP contribution in [0.3, 0.4) is 0 Å². The number of amides is 2. The third-order valence-electron chi connectivity index (χ3n) is 4.61. The van der Waals surface area contributed by atoms with E-state index in [2.05, 4.69) is 16.8 Å². The summed E-state index contributed by atoms with van der Waals surface area (Å²) in [5, 5.41) is 3.01. The summed E-state index contributed by atoms with van der Waals surface area (Å²) in [4.78, 5) is 28.0. The SMILES string of the molecule is C=CC(=O)N1CCC(NC(=O)c2ccc(N3CCCC3)cc2)C1. The van der Waals surface area contributed by atoms with Crippen LogP contribution in [0.4, 0.5) is 5.69 Å². The number of nitrogens with one attached hydrogen (secondary N) is 1. The molecule has 1 unspecified atom stereocenters. The molecule has 3 rings (SSSR count). The number of benzene rings is 1. The van der Waals surface area contributed by atoms with E-state index in [4.69, 9.17) is 0 Å². The predicted octanol–water partition coefficient (Wildman–Crippen LogP) is 1.80. The minimum absolute atomic E-state index is 0.0182. The van der Waals surface area contributed by atoms with Crippen molar-refractivity contribution in [1.29, 1.82) is 0 Å². The van der Waals surface area contributed by atoms with Gasteiger partial charge >= 0.3 is 0 Å². The van der Waals surface area contributed by atoms with Gasteiger partial charge in [-0.2, -0.15) is 0 Å². The van der Waals surface area contributed by atoms with Gasteiger partial charge in [0.25, 0.3) is 5.91 Å². The summed E-state index contributed by atoms with van der Waals surface area (Å²) in [6.45, 7) is 6.92. The van der Waals surface area contributed by atoms with Crippen molar-refractivity contribution >= 4 is 17.5 Å². The largest absolute Gasteiger partial charge is 0.372 e. The maximum absolute atomic E-state index is 12.3. The van der Waals surface area contributed by atoms with Gasteiger partial charge in [0.05, 0.1) is 0 Å². The van der Waals surface area contributed by atoms with Gasteiger partial charge in [-0.25, -0.2) is 0 Å². The van der Waals surface area contributed by atoms with Crippen LogP contribution in [0.25, 0.3) is 0 Å². The lowest BCUT2D eigenvalue weighted by Crippen LogP contribution is -2.38. The van der Waals surface area contributed by atoms with E-state index in [0.29, 0.717) is 18.7 Å². The molecule has 0 bridgehead atoms. The number of likely N-dealkylation sites (tertiary alicyclic amines) is 1. The molecule has 2 aliphatic heterocycles. The average Bonchev–Trinajstić information content (AvgIpc) is 3.26. The summed E-state index contributed by atoms with van der Waals surface area (Å²) in [6, 6.07) is 7.81. The first kappa shape index (κ1) is 15.6. The third-order valence-corrected chi connectivity index (χ3v) is 4.61. The summed E-state index contributed by atoms with van der Waals surface area (Å²) in [5.41, 5.74) is 1.85. The minimum Gasteiger partial charge on any atom is -0.372 e. The lowest BCUT2D eigenvalue weighted by Gasteiger charge is -2.18. The molecular formula is C18H23N3O2. The predicted molar refractivity (Wildman–Crippen MR) is 90.5 cm³/mol. The Labute approximate surface area is 137 Å². The zero-order valence-electron chi connectivity index (χ0n) is 13.3. The Morgan fingerprint density at radius 1 is 1.13 bits per heavy atom. The summed E-state index contributed by atoms with van der Waals surface area (Å²) in [7, 11) is 0. The van der Waals surface area contributed by atoms with Crippen LogP contribution < -0.4 is 10.2 Å². The van der Waals surface area contributed by atoms with Crippen molar-refractivity contribution in [2.24, 2.45) is 0 Å². The first-order chi connectivity index (χ1) is 11.2. The average molecular weight is 313 g/mol. The molecule has 122 valence electrons. The van der Waals surface area contributed by atoms with E-state index in [9.17, 15) is 9.59 Å². The van der Waals surface area contributed by atoms with Crippen LogP contribution in [-0.2, 0) is 4.79 Å². The van der Waals surface area contributed by atoms with Crippen LogP contribution >= 0.6 is 0 Å². The van der Waals surface area contributed by atoms with E-state index in [0.717, 1.165) is 19.5 Å². The summed E-state index contributed by atoms with van der Waals surface area (Å²) in [5.74, 6) is -0.146. The van der Waals surface area contributed by atoms with Gasteiger partial charge in [0.2, 0.25) is 5.91 Å². The van der Waals surface area contributed by atoms with Crippen LogP contribution in [0, 0.1) is 0 Å². The first-order valence-corrected chi connectivity index (χ1v) is 8.24. The van der Waals surface area contributed by atoms with Crippen molar-refractivity contribution in [3.05, 3.63) is 42.5 Å². The lowest BCUT2D eigenvalue weighted by atomic mass is 10.1. The third kappa shape index (κ3) is 3.55. The Morgan fingerprint density at radius 2 is 1.83 bits per heavy atom. The van der Waals surface area contributed by atoms with E-state index >= 15 is 0 Å². The molecule has 0 radical (unpaired) electrons. The molecule has 2 amide bonds. The zero-order valence-corrected chi connectivity index (χ0v) is 13.3. The molecule has 1 atom stereocenters. The summed E-state index contributed by atoms with van der Waals surface area (Å²) in [6.07, 6.45) is 4.59. The highest BCUT2D eigenvalue weighted by Gasteiger charge is 2.26. The molecule has 1 aromatic rings. The summed E-state index contributed by atoms with van der Waals surface area (Å²) >= 11 is 0. The number of rotatable bonds is 4. The molecule has 1 N–H and O–H groups in total. The van der Waals surface area contributed by atoms with Crippen molar-refractivity contribution in [3.63, 3.8) is 0 Å². The Balaban J connectivity index is 1.56. The van der Waals surface area contributed by atoms with Crippen LogP contribution in [0.15, 0.2) is 36.9 Å². The highest BCUT2D eigenvalue weighted by Crippen LogP contribution is 2.20. The van der Waals surface area contributed by atoms with E-state index in [-0.39, 0.29) is 17.9 Å². The molecule has 2 aliphatic rings.